The minimum atomic E-state index is -0.193. The molecule has 1 unspecified atom stereocenters. The van der Waals surface area contributed by atoms with Gasteiger partial charge in [0.1, 0.15) is 0 Å². The Labute approximate surface area is 121 Å². The Balaban J connectivity index is 2.02. The van der Waals surface area contributed by atoms with E-state index < -0.39 is 0 Å². The number of nitrogens with two attached hydrogens (primary N) is 1. The maximum atomic E-state index is 12.1. The van der Waals surface area contributed by atoms with Crippen LogP contribution in [-0.2, 0) is 6.42 Å². The zero-order valence-electron chi connectivity index (χ0n) is 10.5. The predicted molar refractivity (Wildman–Crippen MR) is 80.8 cm³/mol. The first-order chi connectivity index (χ1) is 9.08. The molecule has 0 saturated heterocycles. The molecule has 2 aromatic rings. The maximum absolute atomic E-state index is 12.1. The number of hydrogen-bond donors (Lipinski definition) is 2. The normalized spacial score (nSPS) is 12.1. The van der Waals surface area contributed by atoms with E-state index in [0.29, 0.717) is 16.3 Å². The number of benzene rings is 1. The molecule has 0 aliphatic carbocycles. The van der Waals surface area contributed by atoms with Gasteiger partial charge in [-0.1, -0.05) is 23.7 Å². The highest BCUT2D eigenvalue weighted by atomic mass is 35.5. The average Bonchev–Trinajstić information content (AvgIpc) is 2.85. The van der Waals surface area contributed by atoms with Gasteiger partial charge in [-0.2, -0.15) is 0 Å². The highest BCUT2D eigenvalue weighted by molar-refractivity contribution is 7.09. The fraction of sp³-hybridized carbons (Fsp3) is 0.214. The molecule has 2 rings (SSSR count). The van der Waals surface area contributed by atoms with Crippen LogP contribution in [0.25, 0.3) is 0 Å². The molecule has 0 aliphatic rings. The molecule has 1 amide bonds. The predicted octanol–water partition coefficient (Wildman–Crippen LogP) is 3.34. The van der Waals surface area contributed by atoms with Gasteiger partial charge in [-0.25, -0.2) is 0 Å². The van der Waals surface area contributed by atoms with E-state index in [1.807, 2.05) is 18.4 Å². The van der Waals surface area contributed by atoms with Gasteiger partial charge in [-0.05, 0) is 30.5 Å². The Bertz CT molecular complexity index is 569. The van der Waals surface area contributed by atoms with E-state index in [2.05, 4.69) is 11.4 Å². The first-order valence-electron chi connectivity index (χ1n) is 5.95. The average molecular weight is 295 g/mol. The lowest BCUT2D eigenvalue weighted by Gasteiger charge is -2.14. The second-order valence-electron chi connectivity index (χ2n) is 4.37. The molecule has 1 aromatic heterocycles. The SMILES string of the molecule is CC(Cc1cccs1)NC(=O)c1cccc(N)c1Cl. The van der Waals surface area contributed by atoms with Gasteiger partial charge in [0.15, 0.2) is 0 Å². The van der Waals surface area contributed by atoms with Crippen molar-refractivity contribution in [1.29, 1.82) is 0 Å². The molecule has 19 heavy (non-hydrogen) atoms. The van der Waals surface area contributed by atoms with Crippen LogP contribution in [0.4, 0.5) is 5.69 Å². The first-order valence-corrected chi connectivity index (χ1v) is 7.21. The van der Waals surface area contributed by atoms with Crippen molar-refractivity contribution in [3.05, 3.63) is 51.2 Å². The first kappa shape index (κ1) is 13.9. The number of thiophene rings is 1. The summed E-state index contributed by atoms with van der Waals surface area (Å²) in [5.41, 5.74) is 6.52. The number of anilines is 1. The quantitative estimate of drug-likeness (QED) is 0.850. The molecular weight excluding hydrogens is 280 g/mol. The number of halogens is 1. The fourth-order valence-corrected chi connectivity index (χ4v) is 2.86. The van der Waals surface area contributed by atoms with Crippen molar-refractivity contribution in [2.75, 3.05) is 5.73 Å². The molecule has 1 aromatic carbocycles. The van der Waals surface area contributed by atoms with Gasteiger partial charge in [0.05, 0.1) is 16.3 Å². The summed E-state index contributed by atoms with van der Waals surface area (Å²) in [5, 5.41) is 5.27. The summed E-state index contributed by atoms with van der Waals surface area (Å²) in [5.74, 6) is -0.193. The Hall–Kier alpha value is -1.52. The van der Waals surface area contributed by atoms with Crippen LogP contribution in [0.15, 0.2) is 35.7 Å². The number of carbonyl (C=O) groups is 1. The molecule has 1 atom stereocenters. The Kier molecular flexibility index (Phi) is 4.45. The van der Waals surface area contributed by atoms with Crippen LogP contribution in [0, 0.1) is 0 Å². The van der Waals surface area contributed by atoms with Crippen LogP contribution in [0.1, 0.15) is 22.2 Å². The summed E-state index contributed by atoms with van der Waals surface area (Å²) in [7, 11) is 0. The Morgan fingerprint density at radius 3 is 2.89 bits per heavy atom. The minimum absolute atomic E-state index is 0.0450. The van der Waals surface area contributed by atoms with Crippen LogP contribution >= 0.6 is 22.9 Å². The van der Waals surface area contributed by atoms with Crippen LogP contribution in [0.3, 0.4) is 0 Å². The van der Waals surface area contributed by atoms with Crippen molar-refractivity contribution >= 4 is 34.5 Å². The number of nitrogens with one attached hydrogen (secondary N) is 1. The van der Waals surface area contributed by atoms with E-state index in [9.17, 15) is 4.79 Å². The van der Waals surface area contributed by atoms with E-state index in [4.69, 9.17) is 17.3 Å². The Morgan fingerprint density at radius 1 is 1.42 bits per heavy atom. The summed E-state index contributed by atoms with van der Waals surface area (Å²) in [6, 6.07) is 9.17. The third kappa shape index (κ3) is 3.49. The number of hydrogen-bond acceptors (Lipinski definition) is 3. The third-order valence-electron chi connectivity index (χ3n) is 2.74. The van der Waals surface area contributed by atoms with Gasteiger partial charge >= 0.3 is 0 Å². The van der Waals surface area contributed by atoms with Gasteiger partial charge in [-0.15, -0.1) is 11.3 Å². The highest BCUT2D eigenvalue weighted by Gasteiger charge is 2.14. The van der Waals surface area contributed by atoms with Crippen LogP contribution in [0.2, 0.25) is 5.02 Å². The number of amides is 1. The van der Waals surface area contributed by atoms with Gasteiger partial charge in [0.25, 0.3) is 5.91 Å². The summed E-state index contributed by atoms with van der Waals surface area (Å²) in [6.07, 6.45) is 0.809. The molecule has 3 N–H and O–H groups in total. The van der Waals surface area contributed by atoms with Gasteiger partial charge in [-0.3, -0.25) is 4.79 Å². The molecule has 0 radical (unpaired) electrons. The molecule has 0 spiro atoms. The third-order valence-corrected chi connectivity index (χ3v) is 4.06. The number of nitrogen functional groups attached to an aromatic ring is 1. The summed E-state index contributed by atoms with van der Waals surface area (Å²) >= 11 is 7.71. The largest absolute Gasteiger partial charge is 0.398 e. The molecule has 5 heteroatoms. The molecule has 1 heterocycles. The highest BCUT2D eigenvalue weighted by Crippen LogP contribution is 2.23. The zero-order chi connectivity index (χ0) is 13.8. The van der Waals surface area contributed by atoms with Crippen LogP contribution in [-0.4, -0.2) is 11.9 Å². The van der Waals surface area contributed by atoms with Gasteiger partial charge in [0.2, 0.25) is 0 Å². The molecule has 0 bridgehead atoms. The topological polar surface area (TPSA) is 55.1 Å². The summed E-state index contributed by atoms with van der Waals surface area (Å²) in [6.45, 7) is 1.97. The number of carbonyl (C=O) groups excluding carboxylic acids is 1. The van der Waals surface area contributed by atoms with Crippen molar-refractivity contribution in [2.45, 2.75) is 19.4 Å². The lowest BCUT2D eigenvalue weighted by Crippen LogP contribution is -2.34. The van der Waals surface area contributed by atoms with Crippen LogP contribution < -0.4 is 11.1 Å². The maximum Gasteiger partial charge on any atom is 0.253 e. The van der Waals surface area contributed by atoms with E-state index in [0.717, 1.165) is 6.42 Å². The number of rotatable bonds is 4. The fourth-order valence-electron chi connectivity index (χ4n) is 1.81. The van der Waals surface area contributed by atoms with Crippen LogP contribution in [0.5, 0.6) is 0 Å². The molecular formula is C14H15ClN2OS. The lowest BCUT2D eigenvalue weighted by atomic mass is 10.1. The van der Waals surface area contributed by atoms with E-state index in [1.165, 1.54) is 4.88 Å². The van der Waals surface area contributed by atoms with Crippen molar-refractivity contribution < 1.29 is 4.79 Å². The van der Waals surface area contributed by atoms with Crippen molar-refractivity contribution in [3.63, 3.8) is 0 Å². The summed E-state index contributed by atoms with van der Waals surface area (Å²) < 4.78 is 0. The van der Waals surface area contributed by atoms with E-state index in [-0.39, 0.29) is 11.9 Å². The molecule has 0 aliphatic heterocycles. The molecule has 100 valence electrons. The van der Waals surface area contributed by atoms with Gasteiger partial charge in [0, 0.05) is 17.3 Å². The minimum Gasteiger partial charge on any atom is -0.398 e. The van der Waals surface area contributed by atoms with E-state index >= 15 is 0 Å². The smallest absolute Gasteiger partial charge is 0.253 e. The second kappa shape index (κ2) is 6.08. The second-order valence-corrected chi connectivity index (χ2v) is 5.78. The molecule has 0 fully saturated rings. The van der Waals surface area contributed by atoms with Crippen molar-refractivity contribution in [2.24, 2.45) is 0 Å². The Morgan fingerprint density at radius 2 is 2.21 bits per heavy atom. The standard InChI is InChI=1S/C14H15ClN2OS/c1-9(8-10-4-3-7-19-10)17-14(18)11-5-2-6-12(16)13(11)15/h2-7,9H,8,16H2,1H3,(H,17,18). The van der Waals surface area contributed by atoms with Crippen molar-refractivity contribution in [3.8, 4) is 0 Å². The zero-order valence-corrected chi connectivity index (χ0v) is 12.1. The summed E-state index contributed by atoms with van der Waals surface area (Å²) in [4.78, 5) is 13.4. The molecule has 3 nitrogen and oxygen atoms in total. The van der Waals surface area contributed by atoms with E-state index in [1.54, 1.807) is 29.5 Å². The molecule has 0 saturated carbocycles. The monoisotopic (exact) mass is 294 g/mol. The van der Waals surface area contributed by atoms with Gasteiger partial charge < -0.3 is 11.1 Å². The lowest BCUT2D eigenvalue weighted by molar-refractivity contribution is 0.0940. The van der Waals surface area contributed by atoms with Crippen molar-refractivity contribution in [1.82, 2.24) is 5.32 Å².